The van der Waals surface area contributed by atoms with Crippen LogP contribution in [0.5, 0.6) is 0 Å². The highest BCUT2D eigenvalue weighted by Crippen LogP contribution is 2.55. The minimum atomic E-state index is -2.23. The standard InChI is InChI=1S/C14H26N4O4S/c1-9(2)12(13(19)22-6)15-14(20)18(5)7-11-8-23(21,10(3)4)17-16-11/h8-10,12,21H,7H2,1-6H3,(H,15,20)/t12-/m0/s1. The molecule has 2 amide bonds. The third-order valence-corrected chi connectivity index (χ3v) is 5.80. The van der Waals surface area contributed by atoms with E-state index in [0.29, 0.717) is 5.70 Å². The van der Waals surface area contributed by atoms with E-state index in [2.05, 4.69) is 15.0 Å². The molecular formula is C14H26N4O4S. The monoisotopic (exact) mass is 346 g/mol. The SMILES string of the molecule is COC(=O)[C@@H](NC(=O)N(C)CC1=CS(O)(C(C)C)N=N1)C(C)C. The number of nitrogens with one attached hydrogen (secondary N) is 1. The zero-order valence-electron chi connectivity index (χ0n) is 14.4. The molecule has 1 heterocycles. The van der Waals surface area contributed by atoms with Gasteiger partial charge in [-0.25, -0.2) is 9.59 Å². The average Bonchev–Trinajstić information content (AvgIpc) is 2.85. The quantitative estimate of drug-likeness (QED) is 0.722. The number of nitrogens with zero attached hydrogens (tertiary/aromatic N) is 3. The van der Waals surface area contributed by atoms with E-state index in [0.717, 1.165) is 0 Å². The number of amides is 2. The lowest BCUT2D eigenvalue weighted by Gasteiger charge is -2.25. The molecule has 0 radical (unpaired) electrons. The Kier molecular flexibility index (Phi) is 6.57. The van der Waals surface area contributed by atoms with Gasteiger partial charge in [-0.2, -0.15) is 0 Å². The molecule has 0 aromatic carbocycles. The molecule has 9 heteroatoms. The highest BCUT2D eigenvalue weighted by Gasteiger charge is 2.29. The van der Waals surface area contributed by atoms with E-state index in [4.69, 9.17) is 4.74 Å². The maximum absolute atomic E-state index is 12.2. The van der Waals surface area contributed by atoms with E-state index in [1.165, 1.54) is 12.0 Å². The molecule has 0 bridgehead atoms. The molecular weight excluding hydrogens is 320 g/mol. The molecule has 0 aromatic heterocycles. The fraction of sp³-hybridized carbons (Fsp3) is 0.714. The Balaban J connectivity index is 2.68. The minimum absolute atomic E-state index is 0.0347. The first-order valence-corrected chi connectivity index (χ1v) is 9.05. The molecule has 1 rings (SSSR count). The number of urea groups is 1. The van der Waals surface area contributed by atoms with Crippen LogP contribution >= 0.6 is 10.5 Å². The zero-order valence-corrected chi connectivity index (χ0v) is 15.3. The first-order valence-electron chi connectivity index (χ1n) is 7.38. The van der Waals surface area contributed by atoms with Crippen LogP contribution in [0.4, 0.5) is 4.79 Å². The fourth-order valence-electron chi connectivity index (χ4n) is 1.85. The number of carbonyl (C=O) groups is 2. The summed E-state index contributed by atoms with van der Waals surface area (Å²) in [5.74, 6) is -0.583. The lowest BCUT2D eigenvalue weighted by molar-refractivity contribution is -0.144. The smallest absolute Gasteiger partial charge is 0.328 e. The van der Waals surface area contributed by atoms with Crippen molar-refractivity contribution in [2.75, 3.05) is 20.7 Å². The first kappa shape index (κ1) is 19.4. The molecule has 0 aromatic rings. The summed E-state index contributed by atoms with van der Waals surface area (Å²) < 4.78 is 18.9. The summed E-state index contributed by atoms with van der Waals surface area (Å²) in [5, 5.41) is 8.19. The summed E-state index contributed by atoms with van der Waals surface area (Å²) in [6, 6.07) is -1.13. The third kappa shape index (κ3) is 4.93. The lowest BCUT2D eigenvalue weighted by atomic mass is 10.1. The van der Waals surface area contributed by atoms with Crippen LogP contribution in [0.3, 0.4) is 0 Å². The highest BCUT2D eigenvalue weighted by molar-refractivity contribution is 8.30. The van der Waals surface area contributed by atoms with Gasteiger partial charge in [-0.3, -0.25) is 0 Å². The van der Waals surface area contributed by atoms with Gasteiger partial charge in [0.2, 0.25) is 0 Å². The second-order valence-corrected chi connectivity index (χ2v) is 8.65. The molecule has 0 aliphatic carbocycles. The van der Waals surface area contributed by atoms with Crippen molar-refractivity contribution >= 4 is 22.5 Å². The molecule has 0 saturated heterocycles. The second-order valence-electron chi connectivity index (χ2n) is 6.03. The molecule has 2 atom stereocenters. The Morgan fingerprint density at radius 1 is 1.39 bits per heavy atom. The number of hydrogen-bond donors (Lipinski definition) is 2. The van der Waals surface area contributed by atoms with Gasteiger partial charge in [-0.15, -0.1) is 9.63 Å². The summed E-state index contributed by atoms with van der Waals surface area (Å²) in [7, 11) is 0.639. The number of esters is 1. The van der Waals surface area contributed by atoms with Crippen molar-refractivity contribution in [2.45, 2.75) is 39.0 Å². The van der Waals surface area contributed by atoms with Crippen molar-refractivity contribution in [3.8, 4) is 0 Å². The van der Waals surface area contributed by atoms with Crippen LogP contribution in [0.25, 0.3) is 0 Å². The van der Waals surface area contributed by atoms with E-state index in [9.17, 15) is 14.1 Å². The molecule has 8 nitrogen and oxygen atoms in total. The number of ether oxygens (including phenoxy) is 1. The summed E-state index contributed by atoms with van der Waals surface area (Å²) in [5.41, 5.74) is 0.535. The van der Waals surface area contributed by atoms with Gasteiger partial charge < -0.3 is 19.5 Å². The van der Waals surface area contributed by atoms with Crippen LogP contribution < -0.4 is 5.32 Å². The van der Waals surface area contributed by atoms with Gasteiger partial charge >= 0.3 is 12.0 Å². The molecule has 0 fully saturated rings. The zero-order chi connectivity index (χ0) is 17.8. The Morgan fingerprint density at radius 3 is 2.43 bits per heavy atom. The topological polar surface area (TPSA) is 104 Å². The number of hydrogen-bond acceptors (Lipinski definition) is 6. The van der Waals surface area contributed by atoms with E-state index >= 15 is 0 Å². The molecule has 2 N–H and O–H groups in total. The highest BCUT2D eigenvalue weighted by atomic mass is 32.3. The van der Waals surface area contributed by atoms with Crippen LogP contribution in [-0.2, 0) is 9.53 Å². The Morgan fingerprint density at radius 2 is 2.00 bits per heavy atom. The maximum atomic E-state index is 12.2. The molecule has 132 valence electrons. The summed E-state index contributed by atoms with van der Waals surface area (Å²) >= 11 is 0. The second kappa shape index (κ2) is 7.78. The predicted molar refractivity (Wildman–Crippen MR) is 90.1 cm³/mol. The molecule has 0 spiro atoms. The van der Waals surface area contributed by atoms with E-state index in [1.807, 2.05) is 27.7 Å². The van der Waals surface area contributed by atoms with E-state index in [-0.39, 0.29) is 17.7 Å². The van der Waals surface area contributed by atoms with Crippen LogP contribution in [0.2, 0.25) is 0 Å². The fourth-order valence-corrected chi connectivity index (χ4v) is 3.11. The largest absolute Gasteiger partial charge is 0.467 e. The molecule has 0 saturated carbocycles. The van der Waals surface area contributed by atoms with Gasteiger partial charge in [-0.1, -0.05) is 27.7 Å². The van der Waals surface area contributed by atoms with Crippen LogP contribution in [0.15, 0.2) is 20.7 Å². The van der Waals surface area contributed by atoms with Crippen molar-refractivity contribution in [1.82, 2.24) is 10.2 Å². The first-order chi connectivity index (χ1) is 10.6. The van der Waals surface area contributed by atoms with Gasteiger partial charge in [0.1, 0.15) is 6.04 Å². The van der Waals surface area contributed by atoms with Crippen LogP contribution in [0, 0.1) is 5.92 Å². The minimum Gasteiger partial charge on any atom is -0.467 e. The molecule has 23 heavy (non-hydrogen) atoms. The van der Waals surface area contributed by atoms with Crippen LogP contribution in [-0.4, -0.2) is 53.4 Å². The summed E-state index contributed by atoms with van der Waals surface area (Å²) in [6.07, 6.45) is 0. The molecule has 1 unspecified atom stereocenters. The molecule has 1 aliphatic heterocycles. The average molecular weight is 346 g/mol. The van der Waals surface area contributed by atoms with Crippen molar-refractivity contribution in [3.63, 3.8) is 0 Å². The van der Waals surface area contributed by atoms with Gasteiger partial charge in [0.25, 0.3) is 0 Å². The van der Waals surface area contributed by atoms with Gasteiger partial charge in [0.15, 0.2) is 0 Å². The van der Waals surface area contributed by atoms with Crippen molar-refractivity contribution in [2.24, 2.45) is 15.6 Å². The van der Waals surface area contributed by atoms with Crippen molar-refractivity contribution in [1.29, 1.82) is 0 Å². The van der Waals surface area contributed by atoms with E-state index in [1.54, 1.807) is 12.5 Å². The Labute approximate surface area is 138 Å². The third-order valence-electron chi connectivity index (χ3n) is 3.45. The normalized spacial score (nSPS) is 24.1. The molecule has 1 aliphatic rings. The van der Waals surface area contributed by atoms with Crippen LogP contribution in [0.1, 0.15) is 27.7 Å². The number of carbonyl (C=O) groups excluding carboxylic acids is 2. The summed E-state index contributed by atoms with van der Waals surface area (Å²) in [4.78, 5) is 25.3. The Hall–Kier alpha value is -1.61. The van der Waals surface area contributed by atoms with Crippen molar-refractivity contribution < 1.29 is 18.9 Å². The van der Waals surface area contributed by atoms with Gasteiger partial charge in [0.05, 0.1) is 19.4 Å². The van der Waals surface area contributed by atoms with Gasteiger partial charge in [0, 0.05) is 28.2 Å². The Bertz CT molecular complexity index is 521. The van der Waals surface area contributed by atoms with Gasteiger partial charge in [-0.05, 0) is 5.92 Å². The number of rotatable bonds is 6. The predicted octanol–water partition coefficient (Wildman–Crippen LogP) is 2.73. The number of methoxy groups -OCH3 is 1. The number of likely N-dealkylation sites (N-methyl/N-ethyl adjacent to an activating group) is 1. The summed E-state index contributed by atoms with van der Waals surface area (Å²) in [6.45, 7) is 7.58. The van der Waals surface area contributed by atoms with E-state index < -0.39 is 28.5 Å². The van der Waals surface area contributed by atoms with Crippen molar-refractivity contribution in [3.05, 3.63) is 11.1 Å². The maximum Gasteiger partial charge on any atom is 0.328 e. The lowest BCUT2D eigenvalue weighted by Crippen LogP contribution is -2.49.